The Bertz CT molecular complexity index is 1270. The van der Waals surface area contributed by atoms with E-state index < -0.39 is 0 Å². The van der Waals surface area contributed by atoms with Crippen LogP contribution in [0.1, 0.15) is 16.1 Å². The van der Waals surface area contributed by atoms with E-state index in [0.717, 1.165) is 22.5 Å². The van der Waals surface area contributed by atoms with Crippen molar-refractivity contribution in [2.75, 3.05) is 27.8 Å². The summed E-state index contributed by atoms with van der Waals surface area (Å²) in [5.74, 6) is 1.23. The van der Waals surface area contributed by atoms with Crippen molar-refractivity contribution in [3.05, 3.63) is 95.1 Å². The molecular formula is C27H26ClN3O3. The van der Waals surface area contributed by atoms with Gasteiger partial charge in [0.05, 0.1) is 25.6 Å². The smallest absolute Gasteiger partial charge is 0.272 e. The second-order valence-corrected chi connectivity index (χ2v) is 8.27. The zero-order chi connectivity index (χ0) is 24.1. The number of hydrogen-bond donors (Lipinski definition) is 0. The summed E-state index contributed by atoms with van der Waals surface area (Å²) in [6, 6.07) is 24.7. The fourth-order valence-electron chi connectivity index (χ4n) is 3.69. The van der Waals surface area contributed by atoms with Gasteiger partial charge in [-0.25, -0.2) is 4.68 Å². The average Bonchev–Trinajstić information content (AvgIpc) is 3.33. The number of halogens is 1. The molecule has 0 aliphatic heterocycles. The third-order valence-corrected chi connectivity index (χ3v) is 5.85. The normalized spacial score (nSPS) is 10.7. The molecule has 0 radical (unpaired) electrons. The molecule has 4 aromatic rings. The molecule has 174 valence electrons. The SMILES string of the molecule is COc1ccc(CCN(C)C(=O)c2cc(-c3ccccc3)nn2-c2ccc(Cl)cc2)cc1OC. The van der Waals surface area contributed by atoms with Crippen molar-refractivity contribution in [1.29, 1.82) is 0 Å². The molecule has 0 saturated heterocycles. The fraction of sp³-hybridized carbons (Fsp3) is 0.185. The maximum atomic E-state index is 13.5. The Morgan fingerprint density at radius 1 is 0.941 bits per heavy atom. The fourth-order valence-corrected chi connectivity index (χ4v) is 3.82. The summed E-state index contributed by atoms with van der Waals surface area (Å²) in [4.78, 5) is 15.2. The summed E-state index contributed by atoms with van der Waals surface area (Å²) in [7, 11) is 5.02. The molecule has 0 atom stereocenters. The van der Waals surface area contributed by atoms with Crippen LogP contribution < -0.4 is 9.47 Å². The van der Waals surface area contributed by atoms with Crippen molar-refractivity contribution < 1.29 is 14.3 Å². The molecule has 1 heterocycles. The number of methoxy groups -OCH3 is 2. The van der Waals surface area contributed by atoms with E-state index in [1.165, 1.54) is 0 Å². The van der Waals surface area contributed by atoms with E-state index in [9.17, 15) is 4.79 Å². The molecular weight excluding hydrogens is 450 g/mol. The summed E-state index contributed by atoms with van der Waals surface area (Å²) in [6.07, 6.45) is 0.670. The predicted molar refractivity (Wildman–Crippen MR) is 134 cm³/mol. The molecule has 4 rings (SSSR count). The summed E-state index contributed by atoms with van der Waals surface area (Å²) in [5, 5.41) is 5.36. The van der Waals surface area contributed by atoms with Crippen molar-refractivity contribution >= 4 is 17.5 Å². The minimum Gasteiger partial charge on any atom is -0.493 e. The predicted octanol–water partition coefficient (Wildman–Crippen LogP) is 5.52. The van der Waals surface area contributed by atoms with Crippen LogP contribution in [-0.4, -0.2) is 48.4 Å². The van der Waals surface area contributed by atoms with Gasteiger partial charge in [-0.05, 0) is 54.4 Å². The standard InChI is InChI=1S/C27H26ClN3O3/c1-30(16-15-19-9-14-25(33-2)26(17-19)34-3)27(32)24-18-23(20-7-5-4-6-8-20)29-31(24)22-12-10-21(28)11-13-22/h4-14,17-18H,15-16H2,1-3H3. The highest BCUT2D eigenvalue weighted by Gasteiger charge is 2.21. The van der Waals surface area contributed by atoms with Gasteiger partial charge in [0, 0.05) is 24.2 Å². The number of amides is 1. The molecule has 6 nitrogen and oxygen atoms in total. The molecule has 0 saturated carbocycles. The quantitative estimate of drug-likeness (QED) is 0.336. The molecule has 0 unspecified atom stereocenters. The summed E-state index contributed by atoms with van der Waals surface area (Å²) < 4.78 is 12.4. The van der Waals surface area contributed by atoms with Crippen LogP contribution in [-0.2, 0) is 6.42 Å². The Morgan fingerprint density at radius 3 is 2.32 bits per heavy atom. The number of ether oxygens (including phenoxy) is 2. The molecule has 3 aromatic carbocycles. The number of benzene rings is 3. The maximum Gasteiger partial charge on any atom is 0.272 e. The van der Waals surface area contributed by atoms with Crippen LogP contribution in [0, 0.1) is 0 Å². The van der Waals surface area contributed by atoms with Crippen LogP contribution in [0.3, 0.4) is 0 Å². The number of carbonyl (C=O) groups excluding carboxylic acids is 1. The number of nitrogens with zero attached hydrogens (tertiary/aromatic N) is 3. The Morgan fingerprint density at radius 2 is 1.65 bits per heavy atom. The molecule has 0 bridgehead atoms. The van der Waals surface area contributed by atoms with Crippen LogP contribution in [0.2, 0.25) is 5.02 Å². The van der Waals surface area contributed by atoms with Gasteiger partial charge in [-0.3, -0.25) is 4.79 Å². The number of aromatic nitrogens is 2. The molecule has 34 heavy (non-hydrogen) atoms. The van der Waals surface area contributed by atoms with Gasteiger partial charge in [0.15, 0.2) is 11.5 Å². The van der Waals surface area contributed by atoms with Gasteiger partial charge in [0.25, 0.3) is 5.91 Å². The van der Waals surface area contributed by atoms with Crippen LogP contribution in [0.15, 0.2) is 78.9 Å². The van der Waals surface area contributed by atoms with Gasteiger partial charge >= 0.3 is 0 Å². The van der Waals surface area contributed by atoms with Crippen LogP contribution in [0.5, 0.6) is 11.5 Å². The highest BCUT2D eigenvalue weighted by atomic mass is 35.5. The van der Waals surface area contributed by atoms with E-state index in [1.54, 1.807) is 43.0 Å². The molecule has 0 spiro atoms. The third-order valence-electron chi connectivity index (χ3n) is 5.60. The molecule has 0 aliphatic carbocycles. The second kappa shape index (κ2) is 10.4. The summed E-state index contributed by atoms with van der Waals surface area (Å²) in [5.41, 5.74) is 3.97. The zero-order valence-electron chi connectivity index (χ0n) is 19.4. The van der Waals surface area contributed by atoms with Gasteiger partial charge in [0.2, 0.25) is 0 Å². The van der Waals surface area contributed by atoms with E-state index in [-0.39, 0.29) is 5.91 Å². The highest BCUT2D eigenvalue weighted by molar-refractivity contribution is 6.30. The molecule has 7 heteroatoms. The Balaban J connectivity index is 1.60. The van der Waals surface area contributed by atoms with Crippen molar-refractivity contribution in [2.45, 2.75) is 6.42 Å². The number of rotatable bonds is 8. The molecule has 0 aliphatic rings. The lowest BCUT2D eigenvalue weighted by Gasteiger charge is -2.18. The molecule has 0 N–H and O–H groups in total. The van der Waals surface area contributed by atoms with Gasteiger partial charge < -0.3 is 14.4 Å². The monoisotopic (exact) mass is 475 g/mol. The Kier molecular flexibility index (Phi) is 7.18. The van der Waals surface area contributed by atoms with Gasteiger partial charge in [-0.15, -0.1) is 0 Å². The second-order valence-electron chi connectivity index (χ2n) is 7.84. The number of likely N-dealkylation sites (N-methyl/N-ethyl adjacent to an activating group) is 1. The molecule has 0 fully saturated rings. The molecule has 1 amide bonds. The highest BCUT2D eigenvalue weighted by Crippen LogP contribution is 2.28. The van der Waals surface area contributed by atoms with E-state index in [2.05, 4.69) is 0 Å². The third kappa shape index (κ3) is 5.07. The minimum atomic E-state index is -0.120. The van der Waals surface area contributed by atoms with Crippen molar-refractivity contribution in [3.63, 3.8) is 0 Å². The number of hydrogen-bond acceptors (Lipinski definition) is 4. The lowest BCUT2D eigenvalue weighted by molar-refractivity contribution is 0.0787. The maximum absolute atomic E-state index is 13.5. The van der Waals surface area contributed by atoms with E-state index in [0.29, 0.717) is 35.2 Å². The summed E-state index contributed by atoms with van der Waals surface area (Å²) >= 11 is 6.07. The van der Waals surface area contributed by atoms with E-state index >= 15 is 0 Å². The Hall–Kier alpha value is -3.77. The average molecular weight is 476 g/mol. The zero-order valence-corrected chi connectivity index (χ0v) is 20.1. The van der Waals surface area contributed by atoms with Crippen molar-refractivity contribution in [2.24, 2.45) is 0 Å². The first-order chi connectivity index (χ1) is 16.5. The number of carbonyl (C=O) groups is 1. The van der Waals surface area contributed by atoms with Crippen LogP contribution in [0.4, 0.5) is 0 Å². The lowest BCUT2D eigenvalue weighted by atomic mass is 10.1. The minimum absolute atomic E-state index is 0.120. The van der Waals surface area contributed by atoms with Crippen molar-refractivity contribution in [3.8, 4) is 28.4 Å². The first-order valence-electron chi connectivity index (χ1n) is 10.9. The largest absolute Gasteiger partial charge is 0.493 e. The van der Waals surface area contributed by atoms with Gasteiger partial charge in [0.1, 0.15) is 5.69 Å². The van der Waals surface area contributed by atoms with Crippen molar-refractivity contribution in [1.82, 2.24) is 14.7 Å². The first-order valence-corrected chi connectivity index (χ1v) is 11.3. The summed E-state index contributed by atoms with van der Waals surface area (Å²) in [6.45, 7) is 0.529. The van der Waals surface area contributed by atoms with E-state index in [1.807, 2.05) is 66.7 Å². The van der Waals surface area contributed by atoms with Crippen LogP contribution >= 0.6 is 11.6 Å². The van der Waals surface area contributed by atoms with Crippen LogP contribution in [0.25, 0.3) is 16.9 Å². The first kappa shape index (κ1) is 23.4. The van der Waals surface area contributed by atoms with Gasteiger partial charge in [-0.2, -0.15) is 5.10 Å². The van der Waals surface area contributed by atoms with E-state index in [4.69, 9.17) is 26.2 Å². The molecule has 1 aromatic heterocycles. The Labute approximate surface area is 204 Å². The topological polar surface area (TPSA) is 56.6 Å². The van der Waals surface area contributed by atoms with Gasteiger partial charge in [-0.1, -0.05) is 48.0 Å². The lowest BCUT2D eigenvalue weighted by Crippen LogP contribution is -2.30.